The van der Waals surface area contributed by atoms with Gasteiger partial charge in [-0.25, -0.2) is 0 Å². The minimum atomic E-state index is -0.0550. The Hall–Kier alpha value is -2.60. The summed E-state index contributed by atoms with van der Waals surface area (Å²) in [5, 5.41) is 7.34. The van der Waals surface area contributed by atoms with Crippen LogP contribution in [0.5, 0.6) is 0 Å². The number of hydrogen-bond acceptors (Lipinski definition) is 4. The highest BCUT2D eigenvalue weighted by atomic mass is 16.1. The molecule has 1 fully saturated rings. The number of hydrogen-bond donors (Lipinski definition) is 1. The third kappa shape index (κ3) is 4.98. The van der Waals surface area contributed by atoms with Crippen molar-refractivity contribution < 1.29 is 4.79 Å². The van der Waals surface area contributed by atoms with Crippen molar-refractivity contribution >= 4 is 17.7 Å². The van der Waals surface area contributed by atoms with Crippen molar-refractivity contribution in [1.82, 2.24) is 20.0 Å². The highest BCUT2D eigenvalue weighted by Crippen LogP contribution is 2.15. The summed E-state index contributed by atoms with van der Waals surface area (Å²) >= 11 is 0. The lowest BCUT2D eigenvalue weighted by molar-refractivity contribution is -0.116. The van der Waals surface area contributed by atoms with Gasteiger partial charge in [-0.2, -0.15) is 5.10 Å². The first-order valence-corrected chi connectivity index (χ1v) is 9.53. The molecule has 0 saturated carbocycles. The molecule has 2 aromatic rings. The van der Waals surface area contributed by atoms with E-state index in [1.807, 2.05) is 37.7 Å². The van der Waals surface area contributed by atoms with E-state index in [1.54, 1.807) is 6.08 Å². The van der Waals surface area contributed by atoms with Crippen LogP contribution < -0.4 is 10.2 Å². The average molecular weight is 367 g/mol. The van der Waals surface area contributed by atoms with E-state index in [4.69, 9.17) is 0 Å². The topological polar surface area (TPSA) is 53.4 Å². The quantitative estimate of drug-likeness (QED) is 0.794. The summed E-state index contributed by atoms with van der Waals surface area (Å²) in [5.74, 6) is -0.0550. The molecule has 0 unspecified atom stereocenters. The Bertz CT molecular complexity index is 788. The van der Waals surface area contributed by atoms with Crippen molar-refractivity contribution in [3.8, 4) is 0 Å². The van der Waals surface area contributed by atoms with Crippen LogP contribution in [0.25, 0.3) is 6.08 Å². The number of aryl methyl sites for hydroxylation is 2. The van der Waals surface area contributed by atoms with E-state index in [0.29, 0.717) is 6.54 Å². The molecule has 27 heavy (non-hydrogen) atoms. The van der Waals surface area contributed by atoms with Gasteiger partial charge in [-0.15, -0.1) is 0 Å². The lowest BCUT2D eigenvalue weighted by Gasteiger charge is -2.36. The van der Waals surface area contributed by atoms with E-state index < -0.39 is 0 Å². The van der Waals surface area contributed by atoms with Crippen LogP contribution in [0.3, 0.4) is 0 Å². The predicted molar refractivity (Wildman–Crippen MR) is 110 cm³/mol. The van der Waals surface area contributed by atoms with Crippen molar-refractivity contribution in [2.45, 2.75) is 13.8 Å². The van der Waals surface area contributed by atoms with Crippen molar-refractivity contribution in [3.63, 3.8) is 0 Å². The number of nitrogens with zero attached hydrogens (tertiary/aromatic N) is 4. The van der Waals surface area contributed by atoms with Crippen LogP contribution in [0.15, 0.2) is 36.4 Å². The first-order valence-electron chi connectivity index (χ1n) is 9.53. The van der Waals surface area contributed by atoms with Crippen molar-refractivity contribution in [2.24, 2.45) is 7.05 Å². The monoisotopic (exact) mass is 367 g/mol. The molecule has 6 heteroatoms. The van der Waals surface area contributed by atoms with Crippen LogP contribution in [0.4, 0.5) is 5.69 Å². The van der Waals surface area contributed by atoms with Gasteiger partial charge in [-0.1, -0.05) is 18.2 Å². The molecule has 1 N–H and O–H groups in total. The van der Waals surface area contributed by atoms with E-state index in [2.05, 4.69) is 44.5 Å². The van der Waals surface area contributed by atoms with Gasteiger partial charge in [-0.05, 0) is 32.1 Å². The molecule has 144 valence electrons. The van der Waals surface area contributed by atoms with Gasteiger partial charge >= 0.3 is 0 Å². The number of aromatic nitrogens is 2. The Morgan fingerprint density at radius 2 is 1.85 bits per heavy atom. The number of carbonyl (C=O) groups is 1. The number of amides is 1. The number of rotatable bonds is 6. The van der Waals surface area contributed by atoms with E-state index in [0.717, 1.165) is 49.7 Å². The summed E-state index contributed by atoms with van der Waals surface area (Å²) < 4.78 is 1.84. The van der Waals surface area contributed by atoms with Gasteiger partial charge in [0.2, 0.25) is 5.91 Å². The Morgan fingerprint density at radius 1 is 1.15 bits per heavy atom. The summed E-state index contributed by atoms with van der Waals surface area (Å²) in [6.45, 7) is 9.61. The molecule has 0 spiro atoms. The average Bonchev–Trinajstić information content (AvgIpc) is 2.93. The summed E-state index contributed by atoms with van der Waals surface area (Å²) in [6, 6.07) is 10.5. The maximum Gasteiger partial charge on any atom is 0.244 e. The molecule has 1 aliphatic rings. The minimum Gasteiger partial charge on any atom is -0.369 e. The molecule has 0 radical (unpaired) electrons. The fourth-order valence-electron chi connectivity index (χ4n) is 3.45. The molecule has 1 amide bonds. The molecule has 0 aliphatic carbocycles. The Balaban J connectivity index is 1.39. The second kappa shape index (κ2) is 8.86. The fraction of sp³-hybridized carbons (Fsp3) is 0.429. The maximum absolute atomic E-state index is 12.1. The van der Waals surface area contributed by atoms with E-state index >= 15 is 0 Å². The number of carbonyl (C=O) groups excluding carboxylic acids is 1. The van der Waals surface area contributed by atoms with Gasteiger partial charge in [0.15, 0.2) is 0 Å². The highest BCUT2D eigenvalue weighted by molar-refractivity contribution is 5.91. The van der Waals surface area contributed by atoms with Gasteiger partial charge in [-0.3, -0.25) is 14.4 Å². The normalized spacial score (nSPS) is 15.4. The van der Waals surface area contributed by atoms with Gasteiger partial charge in [0, 0.05) is 69.3 Å². The largest absolute Gasteiger partial charge is 0.369 e. The zero-order valence-electron chi connectivity index (χ0n) is 16.5. The first-order chi connectivity index (χ1) is 13.0. The smallest absolute Gasteiger partial charge is 0.244 e. The lowest BCUT2D eigenvalue weighted by atomic mass is 10.2. The zero-order valence-corrected chi connectivity index (χ0v) is 16.5. The molecule has 2 heterocycles. The summed E-state index contributed by atoms with van der Waals surface area (Å²) in [6.07, 6.45) is 3.45. The number of para-hydroxylation sites is 1. The fourth-order valence-corrected chi connectivity index (χ4v) is 3.45. The molecule has 1 aromatic heterocycles. The summed E-state index contributed by atoms with van der Waals surface area (Å²) in [5.41, 5.74) is 4.31. The van der Waals surface area contributed by atoms with Crippen molar-refractivity contribution in [1.29, 1.82) is 0 Å². The summed E-state index contributed by atoms with van der Waals surface area (Å²) in [7, 11) is 1.91. The molecular formula is C21H29N5O. The van der Waals surface area contributed by atoms with E-state index in [1.165, 1.54) is 5.69 Å². The van der Waals surface area contributed by atoms with Gasteiger partial charge in [0.05, 0.1) is 5.69 Å². The second-order valence-corrected chi connectivity index (χ2v) is 7.00. The van der Waals surface area contributed by atoms with Gasteiger partial charge < -0.3 is 10.2 Å². The van der Waals surface area contributed by atoms with Gasteiger partial charge in [0.25, 0.3) is 0 Å². The van der Waals surface area contributed by atoms with Crippen LogP contribution in [-0.4, -0.2) is 59.9 Å². The van der Waals surface area contributed by atoms with Gasteiger partial charge in [0.1, 0.15) is 0 Å². The number of piperazine rings is 1. The molecule has 6 nitrogen and oxygen atoms in total. The predicted octanol–water partition coefficient (Wildman–Crippen LogP) is 1.99. The van der Waals surface area contributed by atoms with E-state index in [-0.39, 0.29) is 5.91 Å². The zero-order chi connectivity index (χ0) is 19.2. The molecule has 0 atom stereocenters. The Kier molecular flexibility index (Phi) is 6.29. The third-order valence-electron chi connectivity index (χ3n) is 5.19. The van der Waals surface area contributed by atoms with Crippen LogP contribution >= 0.6 is 0 Å². The Morgan fingerprint density at radius 3 is 2.48 bits per heavy atom. The SMILES string of the molecule is Cc1nn(C)c(C)c1/C=C/C(=O)NCCN1CCN(c2ccccc2)CC1. The molecule has 0 bridgehead atoms. The molecule has 3 rings (SSSR count). The molecule has 1 aliphatic heterocycles. The van der Waals surface area contributed by atoms with Crippen LogP contribution in [0.1, 0.15) is 17.0 Å². The Labute approximate surface area is 161 Å². The van der Waals surface area contributed by atoms with Crippen LogP contribution in [0, 0.1) is 13.8 Å². The van der Waals surface area contributed by atoms with Crippen LogP contribution in [-0.2, 0) is 11.8 Å². The minimum absolute atomic E-state index is 0.0550. The second-order valence-electron chi connectivity index (χ2n) is 7.00. The molecule has 1 aromatic carbocycles. The number of anilines is 1. The van der Waals surface area contributed by atoms with Crippen molar-refractivity contribution in [2.75, 3.05) is 44.2 Å². The third-order valence-corrected chi connectivity index (χ3v) is 5.19. The maximum atomic E-state index is 12.1. The van der Waals surface area contributed by atoms with Crippen LogP contribution in [0.2, 0.25) is 0 Å². The lowest BCUT2D eigenvalue weighted by Crippen LogP contribution is -2.48. The first kappa shape index (κ1) is 19.2. The number of nitrogens with one attached hydrogen (secondary N) is 1. The molecule has 1 saturated heterocycles. The standard InChI is InChI=1S/C21H29N5O/c1-17-20(18(2)24(3)23-17)9-10-21(27)22-11-12-25-13-15-26(16-14-25)19-7-5-4-6-8-19/h4-10H,11-16H2,1-3H3,(H,22,27)/b10-9+. The van der Waals surface area contributed by atoms with E-state index in [9.17, 15) is 4.79 Å². The highest BCUT2D eigenvalue weighted by Gasteiger charge is 2.16. The number of benzene rings is 1. The van der Waals surface area contributed by atoms with Crippen molar-refractivity contribution in [3.05, 3.63) is 53.4 Å². The molecular weight excluding hydrogens is 338 g/mol. The summed E-state index contributed by atoms with van der Waals surface area (Å²) in [4.78, 5) is 16.9.